The van der Waals surface area contributed by atoms with E-state index in [2.05, 4.69) is 27.7 Å². The molecule has 0 bridgehead atoms. The molecular weight excluding hydrogens is 1150 g/mol. The largest absolute Gasteiger partial charge is 0.472 e. The van der Waals surface area contributed by atoms with E-state index < -0.39 is 97.5 Å². The number of phosphoric ester groups is 2. The fraction of sp³-hybridized carbons (Fsp3) is 0.941. The molecule has 87 heavy (non-hydrogen) atoms. The number of esters is 4. The summed E-state index contributed by atoms with van der Waals surface area (Å²) >= 11 is 0. The number of rotatable bonds is 69. The number of unbranched alkanes of at least 4 members (excludes halogenated alkanes) is 43. The van der Waals surface area contributed by atoms with Gasteiger partial charge in [0.15, 0.2) is 12.2 Å². The Kier molecular flexibility index (Phi) is 61.4. The van der Waals surface area contributed by atoms with Gasteiger partial charge in [-0.15, -0.1) is 0 Å². The molecule has 19 heteroatoms. The van der Waals surface area contributed by atoms with Crippen LogP contribution in [0.25, 0.3) is 0 Å². The number of aliphatic hydroxyl groups is 1. The summed E-state index contributed by atoms with van der Waals surface area (Å²) < 4.78 is 68.1. The summed E-state index contributed by atoms with van der Waals surface area (Å²) in [6.07, 6.45) is 49.8. The van der Waals surface area contributed by atoms with Gasteiger partial charge in [-0.05, 0) is 25.7 Å². The quantitative estimate of drug-likeness (QED) is 0.0222. The molecule has 0 aromatic heterocycles. The van der Waals surface area contributed by atoms with Crippen molar-refractivity contribution in [2.75, 3.05) is 39.6 Å². The maximum Gasteiger partial charge on any atom is 0.472 e. The van der Waals surface area contributed by atoms with Gasteiger partial charge in [0, 0.05) is 25.7 Å². The van der Waals surface area contributed by atoms with Gasteiger partial charge in [-0.1, -0.05) is 304 Å². The van der Waals surface area contributed by atoms with Gasteiger partial charge in [-0.2, -0.15) is 0 Å². The molecule has 2 unspecified atom stereocenters. The molecule has 0 aliphatic rings. The highest BCUT2D eigenvalue weighted by Crippen LogP contribution is 2.45. The van der Waals surface area contributed by atoms with Crippen molar-refractivity contribution in [1.29, 1.82) is 0 Å². The van der Waals surface area contributed by atoms with Crippen LogP contribution in [0.4, 0.5) is 0 Å². The molecule has 0 spiro atoms. The molecule has 0 radical (unpaired) electrons. The minimum Gasteiger partial charge on any atom is -0.462 e. The minimum absolute atomic E-state index is 0.107. The first kappa shape index (κ1) is 85.1. The van der Waals surface area contributed by atoms with E-state index in [0.717, 1.165) is 96.3 Å². The van der Waals surface area contributed by atoms with Crippen LogP contribution in [0.2, 0.25) is 0 Å². The summed E-state index contributed by atoms with van der Waals surface area (Å²) in [5, 5.41) is 10.6. The summed E-state index contributed by atoms with van der Waals surface area (Å²) in [5.74, 6) is -2.12. The maximum atomic E-state index is 13.0. The molecule has 0 saturated carbocycles. The van der Waals surface area contributed by atoms with Crippen molar-refractivity contribution in [3.8, 4) is 0 Å². The van der Waals surface area contributed by atoms with Crippen LogP contribution in [-0.2, 0) is 65.4 Å². The van der Waals surface area contributed by atoms with Gasteiger partial charge in [0.25, 0.3) is 0 Å². The van der Waals surface area contributed by atoms with Crippen molar-refractivity contribution < 1.29 is 80.2 Å². The topological polar surface area (TPSA) is 237 Å². The summed E-state index contributed by atoms with van der Waals surface area (Å²) in [5.41, 5.74) is 0. The lowest BCUT2D eigenvalue weighted by Gasteiger charge is -2.21. The van der Waals surface area contributed by atoms with Crippen LogP contribution < -0.4 is 0 Å². The van der Waals surface area contributed by atoms with E-state index in [1.807, 2.05) is 0 Å². The van der Waals surface area contributed by atoms with Crippen LogP contribution in [0.1, 0.15) is 355 Å². The lowest BCUT2D eigenvalue weighted by atomic mass is 10.0. The van der Waals surface area contributed by atoms with E-state index in [9.17, 15) is 43.2 Å². The Morgan fingerprint density at radius 1 is 0.276 bits per heavy atom. The van der Waals surface area contributed by atoms with Gasteiger partial charge < -0.3 is 33.8 Å². The summed E-state index contributed by atoms with van der Waals surface area (Å²) in [7, 11) is -9.89. The van der Waals surface area contributed by atoms with E-state index in [4.69, 9.17) is 37.0 Å². The van der Waals surface area contributed by atoms with Crippen LogP contribution in [0.15, 0.2) is 0 Å². The number of hydrogen-bond acceptors (Lipinski definition) is 15. The summed E-state index contributed by atoms with van der Waals surface area (Å²) in [6.45, 7) is 4.91. The Hall–Kier alpha value is -1.94. The van der Waals surface area contributed by atoms with Gasteiger partial charge in [-0.3, -0.25) is 37.3 Å². The normalized spacial score (nSPS) is 14.1. The number of phosphoric acid groups is 2. The van der Waals surface area contributed by atoms with Crippen molar-refractivity contribution in [2.45, 2.75) is 373 Å². The SMILES string of the molecule is CCCCCCCCCCCCCCCCCC(=O)O[C@H](COC(=O)CCCCCCCCCCCCCCC)COP(=O)(O)OC[C@@H](O)COP(=O)(O)OC[C@@H](COC(=O)CCCCCCCCCC)OC(=O)CCCCCCCCCCCCC. The molecule has 0 amide bonds. The third-order valence-corrected chi connectivity index (χ3v) is 17.8. The highest BCUT2D eigenvalue weighted by Gasteiger charge is 2.30. The molecule has 0 fully saturated rings. The van der Waals surface area contributed by atoms with E-state index in [0.29, 0.717) is 25.7 Å². The van der Waals surface area contributed by atoms with Gasteiger partial charge in [-0.25, -0.2) is 9.13 Å². The number of aliphatic hydroxyl groups excluding tert-OH is 1. The van der Waals surface area contributed by atoms with Crippen molar-refractivity contribution >= 4 is 39.5 Å². The fourth-order valence-corrected chi connectivity index (χ4v) is 11.9. The molecule has 0 aromatic carbocycles. The molecule has 0 saturated heterocycles. The number of ether oxygens (including phenoxy) is 4. The summed E-state index contributed by atoms with van der Waals surface area (Å²) in [4.78, 5) is 72.4. The van der Waals surface area contributed by atoms with E-state index in [-0.39, 0.29) is 25.7 Å². The standard InChI is InChI=1S/C68H132O17P2/c1-5-9-13-17-21-25-28-30-31-33-36-39-43-47-51-55-68(73)85-64(59-79-66(71)53-49-45-41-37-35-32-29-26-22-18-14-10-6-2)61-83-87(76,77)81-57-62(69)56-80-86(74,75)82-60-63(58-78-65(70)52-48-44-40-24-20-16-12-8-4)84-67(72)54-50-46-42-38-34-27-23-19-15-11-7-3/h62-64,69H,5-61H2,1-4H3,(H,74,75)(H,76,77)/t62-,63+,64+/m0/s1. The highest BCUT2D eigenvalue weighted by atomic mass is 31.2. The second-order valence-electron chi connectivity index (χ2n) is 24.6. The van der Waals surface area contributed by atoms with Crippen LogP contribution in [-0.4, -0.2) is 96.7 Å². The second kappa shape index (κ2) is 62.8. The fourth-order valence-electron chi connectivity index (χ4n) is 10.3. The molecule has 0 aliphatic carbocycles. The molecule has 0 rings (SSSR count). The predicted molar refractivity (Wildman–Crippen MR) is 349 cm³/mol. The Bertz CT molecular complexity index is 1670. The predicted octanol–water partition coefficient (Wildman–Crippen LogP) is 19.5. The Morgan fingerprint density at radius 3 is 0.678 bits per heavy atom. The minimum atomic E-state index is -4.95. The molecule has 0 aromatic rings. The van der Waals surface area contributed by atoms with E-state index >= 15 is 0 Å². The first-order chi connectivity index (χ1) is 42.2. The first-order valence-corrected chi connectivity index (χ1v) is 38.8. The molecule has 0 aliphatic heterocycles. The lowest BCUT2D eigenvalue weighted by molar-refractivity contribution is -0.161. The first-order valence-electron chi connectivity index (χ1n) is 35.8. The number of carbonyl (C=O) groups excluding carboxylic acids is 4. The van der Waals surface area contributed by atoms with Crippen molar-refractivity contribution in [3.05, 3.63) is 0 Å². The van der Waals surface area contributed by atoms with Crippen LogP contribution in [0, 0.1) is 0 Å². The Morgan fingerprint density at radius 2 is 0.460 bits per heavy atom. The zero-order valence-corrected chi connectivity index (χ0v) is 57.8. The Balaban J connectivity index is 5.22. The summed E-state index contributed by atoms with van der Waals surface area (Å²) in [6, 6.07) is 0. The lowest BCUT2D eigenvalue weighted by Crippen LogP contribution is -2.30. The van der Waals surface area contributed by atoms with Gasteiger partial charge in [0.05, 0.1) is 26.4 Å². The molecule has 0 heterocycles. The van der Waals surface area contributed by atoms with Gasteiger partial charge in [0.2, 0.25) is 0 Å². The molecule has 516 valence electrons. The van der Waals surface area contributed by atoms with Crippen molar-refractivity contribution in [3.63, 3.8) is 0 Å². The van der Waals surface area contributed by atoms with Gasteiger partial charge >= 0.3 is 39.5 Å². The average Bonchev–Trinajstić information content (AvgIpc) is 3.68. The Labute approximate surface area is 530 Å². The maximum absolute atomic E-state index is 13.0. The highest BCUT2D eigenvalue weighted by molar-refractivity contribution is 7.47. The third-order valence-electron chi connectivity index (χ3n) is 15.9. The van der Waals surface area contributed by atoms with E-state index in [1.165, 1.54) is 180 Å². The van der Waals surface area contributed by atoms with Crippen molar-refractivity contribution in [2.24, 2.45) is 0 Å². The molecule has 3 N–H and O–H groups in total. The number of carbonyl (C=O) groups is 4. The average molecular weight is 1280 g/mol. The van der Waals surface area contributed by atoms with E-state index in [1.54, 1.807) is 0 Å². The molecule has 17 nitrogen and oxygen atoms in total. The molecular formula is C68H132O17P2. The zero-order chi connectivity index (χ0) is 64.0. The van der Waals surface area contributed by atoms with Crippen molar-refractivity contribution in [1.82, 2.24) is 0 Å². The smallest absolute Gasteiger partial charge is 0.462 e. The monoisotopic (exact) mass is 1280 g/mol. The second-order valence-corrected chi connectivity index (χ2v) is 27.5. The van der Waals surface area contributed by atoms with Crippen LogP contribution >= 0.6 is 15.6 Å². The van der Waals surface area contributed by atoms with Gasteiger partial charge in [0.1, 0.15) is 19.3 Å². The number of hydrogen-bond donors (Lipinski definition) is 3. The zero-order valence-electron chi connectivity index (χ0n) is 56.0. The van der Waals surface area contributed by atoms with Crippen LogP contribution in [0.3, 0.4) is 0 Å². The third kappa shape index (κ3) is 62.6. The van der Waals surface area contributed by atoms with Crippen LogP contribution in [0.5, 0.6) is 0 Å². The molecule has 5 atom stereocenters.